The van der Waals surface area contributed by atoms with Crippen LogP contribution in [0.1, 0.15) is 17.2 Å². The Morgan fingerprint density at radius 1 is 1.00 bits per heavy atom. The SMILES string of the molecule is Cc1ccc(C2CN(S)CCN2c2ccc(Cl)cc2O)cc1.Fc1ccccc1Cl. The molecule has 1 heterocycles. The number of benzene rings is 3. The normalized spacial score (nSPS) is 16.7. The van der Waals surface area contributed by atoms with Crippen molar-refractivity contribution in [1.82, 2.24) is 4.31 Å². The number of piperazine rings is 1. The molecule has 3 nitrogen and oxygen atoms in total. The van der Waals surface area contributed by atoms with Gasteiger partial charge in [-0.15, -0.1) is 0 Å². The Morgan fingerprint density at radius 2 is 1.70 bits per heavy atom. The highest BCUT2D eigenvalue weighted by molar-refractivity contribution is 7.77. The maximum Gasteiger partial charge on any atom is 0.141 e. The van der Waals surface area contributed by atoms with Crippen LogP contribution in [-0.2, 0) is 0 Å². The molecule has 7 heteroatoms. The number of phenols is 1. The molecule has 1 unspecified atom stereocenters. The number of hydrogen-bond donors (Lipinski definition) is 2. The Labute approximate surface area is 192 Å². The van der Waals surface area contributed by atoms with E-state index in [-0.39, 0.29) is 22.6 Å². The number of aryl methyl sites for hydroxylation is 1. The number of rotatable bonds is 2. The van der Waals surface area contributed by atoms with Crippen LogP contribution in [0.5, 0.6) is 5.75 Å². The first-order valence-corrected chi connectivity index (χ1v) is 10.7. The Kier molecular flexibility index (Phi) is 7.89. The molecule has 158 valence electrons. The molecule has 4 rings (SSSR count). The van der Waals surface area contributed by atoms with E-state index in [4.69, 9.17) is 23.2 Å². The van der Waals surface area contributed by atoms with Crippen LogP contribution in [0.4, 0.5) is 10.1 Å². The number of thiol groups is 1. The van der Waals surface area contributed by atoms with Gasteiger partial charge < -0.3 is 10.0 Å². The summed E-state index contributed by atoms with van der Waals surface area (Å²) < 4.78 is 14.2. The van der Waals surface area contributed by atoms with Gasteiger partial charge >= 0.3 is 0 Å². The van der Waals surface area contributed by atoms with Gasteiger partial charge in [-0.2, -0.15) is 0 Å². The second kappa shape index (κ2) is 10.4. The molecular formula is C23H23Cl2FN2OS. The molecule has 3 aromatic rings. The van der Waals surface area contributed by atoms with Gasteiger partial charge in [0.1, 0.15) is 11.6 Å². The van der Waals surface area contributed by atoms with Crippen LogP contribution in [0.3, 0.4) is 0 Å². The third-order valence-corrected chi connectivity index (χ3v) is 5.80. The first kappa shape index (κ1) is 22.8. The zero-order valence-corrected chi connectivity index (χ0v) is 18.9. The van der Waals surface area contributed by atoms with Gasteiger partial charge in [0.05, 0.1) is 16.8 Å². The predicted octanol–water partition coefficient (Wildman–Crippen LogP) is 6.54. The summed E-state index contributed by atoms with van der Waals surface area (Å²) in [6.07, 6.45) is 0. The molecule has 1 saturated heterocycles. The largest absolute Gasteiger partial charge is 0.506 e. The number of nitrogens with zero attached hydrogens (tertiary/aromatic N) is 2. The molecule has 0 amide bonds. The lowest BCUT2D eigenvalue weighted by Gasteiger charge is -2.41. The highest BCUT2D eigenvalue weighted by atomic mass is 35.5. The monoisotopic (exact) mass is 464 g/mol. The van der Waals surface area contributed by atoms with E-state index < -0.39 is 0 Å². The standard InChI is InChI=1S/C17H19ClN2OS.C6H4ClF/c1-12-2-4-13(5-3-12)16-11-19(22)8-9-20(16)15-7-6-14(18)10-17(15)21;7-5-3-1-2-4-6(5)8/h2-7,10,16,21-22H,8-9,11H2,1H3;1-4H. The summed E-state index contributed by atoms with van der Waals surface area (Å²) in [4.78, 5) is 2.23. The number of anilines is 1. The van der Waals surface area contributed by atoms with Crippen molar-refractivity contribution < 1.29 is 9.50 Å². The quantitative estimate of drug-likeness (QED) is 0.421. The van der Waals surface area contributed by atoms with E-state index in [0.717, 1.165) is 25.3 Å². The molecule has 30 heavy (non-hydrogen) atoms. The molecule has 0 radical (unpaired) electrons. The van der Waals surface area contributed by atoms with Gasteiger partial charge in [-0.25, -0.2) is 8.70 Å². The van der Waals surface area contributed by atoms with Crippen LogP contribution in [0.2, 0.25) is 10.0 Å². The van der Waals surface area contributed by atoms with Crippen LogP contribution >= 0.6 is 36.0 Å². The van der Waals surface area contributed by atoms with E-state index >= 15 is 0 Å². The number of phenolic OH excluding ortho intramolecular Hbond substituents is 1. The Bertz CT molecular complexity index is 966. The molecule has 0 bridgehead atoms. The molecular weight excluding hydrogens is 442 g/mol. The highest BCUT2D eigenvalue weighted by Gasteiger charge is 2.28. The molecule has 0 spiro atoms. The smallest absolute Gasteiger partial charge is 0.141 e. The molecule has 1 aliphatic rings. The molecule has 0 saturated carbocycles. The summed E-state index contributed by atoms with van der Waals surface area (Å²) in [5.41, 5.74) is 3.28. The molecule has 1 aliphatic heterocycles. The minimum Gasteiger partial charge on any atom is -0.506 e. The second-order valence-corrected chi connectivity index (χ2v) is 8.49. The minimum atomic E-state index is -0.367. The minimum absolute atomic E-state index is 0.152. The topological polar surface area (TPSA) is 26.7 Å². The van der Waals surface area contributed by atoms with Crippen molar-refractivity contribution in [2.75, 3.05) is 24.5 Å². The molecule has 0 aromatic heterocycles. The van der Waals surface area contributed by atoms with Gasteiger partial charge in [0.15, 0.2) is 0 Å². The molecule has 1 fully saturated rings. The highest BCUT2D eigenvalue weighted by Crippen LogP contribution is 2.37. The van der Waals surface area contributed by atoms with Crippen molar-refractivity contribution in [3.05, 3.63) is 93.7 Å². The average Bonchev–Trinajstić information content (AvgIpc) is 2.72. The zero-order valence-electron chi connectivity index (χ0n) is 16.5. The van der Waals surface area contributed by atoms with Crippen LogP contribution in [0.25, 0.3) is 0 Å². The summed E-state index contributed by atoms with van der Waals surface area (Å²) in [6.45, 7) is 4.53. The predicted molar refractivity (Wildman–Crippen MR) is 126 cm³/mol. The summed E-state index contributed by atoms with van der Waals surface area (Å²) in [7, 11) is 0. The van der Waals surface area contributed by atoms with Crippen LogP contribution < -0.4 is 4.90 Å². The fraction of sp³-hybridized carbons (Fsp3) is 0.217. The zero-order chi connectivity index (χ0) is 21.7. The van der Waals surface area contributed by atoms with Gasteiger partial charge in [-0.05, 0) is 36.8 Å². The van der Waals surface area contributed by atoms with Gasteiger partial charge in [-0.3, -0.25) is 0 Å². The Balaban J connectivity index is 0.000000269. The number of halogens is 3. The van der Waals surface area contributed by atoms with Crippen molar-refractivity contribution in [2.24, 2.45) is 0 Å². The number of hydrogen-bond acceptors (Lipinski definition) is 4. The van der Waals surface area contributed by atoms with Gasteiger partial charge in [0.2, 0.25) is 0 Å². The van der Waals surface area contributed by atoms with Gasteiger partial charge in [0, 0.05) is 30.7 Å². The summed E-state index contributed by atoms with van der Waals surface area (Å²) in [6, 6.07) is 20.1. The maximum atomic E-state index is 12.2. The third-order valence-electron chi connectivity index (χ3n) is 4.89. The van der Waals surface area contributed by atoms with Crippen molar-refractivity contribution in [3.63, 3.8) is 0 Å². The molecule has 1 atom stereocenters. The Hall–Kier alpha value is -1.92. The first-order valence-electron chi connectivity index (χ1n) is 9.50. The maximum absolute atomic E-state index is 12.2. The first-order chi connectivity index (χ1) is 14.3. The Morgan fingerprint density at radius 3 is 2.30 bits per heavy atom. The van der Waals surface area contributed by atoms with Crippen molar-refractivity contribution >= 4 is 41.7 Å². The lowest BCUT2D eigenvalue weighted by Crippen LogP contribution is -2.45. The lowest BCUT2D eigenvalue weighted by atomic mass is 10.0. The van der Waals surface area contributed by atoms with Crippen LogP contribution in [-0.4, -0.2) is 29.0 Å². The average molecular weight is 465 g/mol. The molecule has 1 N–H and O–H groups in total. The van der Waals surface area contributed by atoms with E-state index in [1.807, 2.05) is 16.4 Å². The summed E-state index contributed by atoms with van der Waals surface area (Å²) in [5.74, 6) is -0.147. The molecule has 0 aliphatic carbocycles. The summed E-state index contributed by atoms with van der Waals surface area (Å²) in [5, 5.41) is 11.0. The van der Waals surface area contributed by atoms with E-state index in [2.05, 4.69) is 48.9 Å². The van der Waals surface area contributed by atoms with Crippen molar-refractivity contribution in [1.29, 1.82) is 0 Å². The second-order valence-electron chi connectivity index (χ2n) is 7.08. The van der Waals surface area contributed by atoms with E-state index in [1.54, 1.807) is 18.2 Å². The van der Waals surface area contributed by atoms with Gasteiger partial charge in [-0.1, -0.05) is 78.0 Å². The molecule has 3 aromatic carbocycles. The fourth-order valence-corrected chi connectivity index (χ4v) is 3.86. The van der Waals surface area contributed by atoms with Gasteiger partial charge in [0.25, 0.3) is 0 Å². The van der Waals surface area contributed by atoms with E-state index in [1.165, 1.54) is 23.3 Å². The third kappa shape index (κ3) is 5.82. The number of aromatic hydroxyl groups is 1. The van der Waals surface area contributed by atoms with Crippen molar-refractivity contribution in [2.45, 2.75) is 13.0 Å². The van der Waals surface area contributed by atoms with Crippen LogP contribution in [0, 0.1) is 12.7 Å². The van der Waals surface area contributed by atoms with E-state index in [9.17, 15) is 9.50 Å². The fourth-order valence-electron chi connectivity index (χ4n) is 3.31. The van der Waals surface area contributed by atoms with E-state index in [0.29, 0.717) is 5.02 Å². The van der Waals surface area contributed by atoms with Crippen molar-refractivity contribution in [3.8, 4) is 5.75 Å². The summed E-state index contributed by atoms with van der Waals surface area (Å²) >= 11 is 15.8. The lowest BCUT2D eigenvalue weighted by molar-refractivity contribution is 0.365. The van der Waals surface area contributed by atoms with Crippen LogP contribution in [0.15, 0.2) is 66.7 Å².